The van der Waals surface area contributed by atoms with Gasteiger partial charge in [0.05, 0.1) is 5.69 Å². The van der Waals surface area contributed by atoms with Crippen LogP contribution >= 0.6 is 11.6 Å². The van der Waals surface area contributed by atoms with Gasteiger partial charge in [0.25, 0.3) is 0 Å². The summed E-state index contributed by atoms with van der Waals surface area (Å²) in [5, 5.41) is 16.7. The van der Waals surface area contributed by atoms with Crippen molar-refractivity contribution in [3.63, 3.8) is 0 Å². The standard InChI is InChI=1S/C16H16ClN3O2/c17-13-6-8-14(9-7-13)19-20-15(16(21)22)11-18-10-12-4-2-1-3-5-12/h1-9,18-19H,10-11H2,(H,21,22)/b20-15+. The van der Waals surface area contributed by atoms with Gasteiger partial charge in [0.1, 0.15) is 0 Å². The Hall–Kier alpha value is -2.37. The molecule has 0 radical (unpaired) electrons. The van der Waals surface area contributed by atoms with E-state index in [-0.39, 0.29) is 12.3 Å². The summed E-state index contributed by atoms with van der Waals surface area (Å²) >= 11 is 5.78. The van der Waals surface area contributed by atoms with Crippen molar-refractivity contribution in [1.29, 1.82) is 0 Å². The third kappa shape index (κ3) is 5.20. The largest absolute Gasteiger partial charge is 0.477 e. The molecular formula is C16H16ClN3O2. The first kappa shape index (κ1) is 16.0. The molecule has 0 amide bonds. The first-order chi connectivity index (χ1) is 10.6. The van der Waals surface area contributed by atoms with Crippen LogP contribution in [0.3, 0.4) is 0 Å². The molecule has 0 heterocycles. The van der Waals surface area contributed by atoms with Gasteiger partial charge in [0.2, 0.25) is 0 Å². The van der Waals surface area contributed by atoms with Gasteiger partial charge in [0.15, 0.2) is 5.71 Å². The van der Waals surface area contributed by atoms with Crippen LogP contribution in [0.1, 0.15) is 5.56 Å². The second-order valence-electron chi connectivity index (χ2n) is 4.57. The lowest BCUT2D eigenvalue weighted by Crippen LogP contribution is -2.29. The maximum absolute atomic E-state index is 11.2. The van der Waals surface area contributed by atoms with E-state index in [1.165, 1.54) is 0 Å². The minimum absolute atomic E-state index is 0.00545. The summed E-state index contributed by atoms with van der Waals surface area (Å²) in [6, 6.07) is 16.6. The van der Waals surface area contributed by atoms with Crippen LogP contribution in [0.25, 0.3) is 0 Å². The average Bonchev–Trinajstić information content (AvgIpc) is 2.53. The molecule has 2 rings (SSSR count). The second kappa shape index (κ2) is 8.17. The molecule has 0 unspecified atom stereocenters. The van der Waals surface area contributed by atoms with E-state index in [2.05, 4.69) is 15.8 Å². The summed E-state index contributed by atoms with van der Waals surface area (Å²) in [4.78, 5) is 11.2. The zero-order chi connectivity index (χ0) is 15.8. The van der Waals surface area contributed by atoms with Gasteiger partial charge >= 0.3 is 5.97 Å². The van der Waals surface area contributed by atoms with E-state index < -0.39 is 5.97 Å². The highest BCUT2D eigenvalue weighted by atomic mass is 35.5. The molecule has 114 valence electrons. The summed E-state index contributed by atoms with van der Waals surface area (Å²) in [7, 11) is 0. The number of rotatable bonds is 7. The number of hydrogen-bond acceptors (Lipinski definition) is 4. The molecule has 0 fully saturated rings. The highest BCUT2D eigenvalue weighted by Gasteiger charge is 2.09. The third-order valence-corrected chi connectivity index (χ3v) is 3.13. The Morgan fingerprint density at radius 3 is 2.41 bits per heavy atom. The maximum Gasteiger partial charge on any atom is 0.353 e. The number of hydrogen-bond donors (Lipinski definition) is 3. The molecule has 0 atom stereocenters. The number of benzene rings is 2. The molecule has 3 N–H and O–H groups in total. The van der Waals surface area contributed by atoms with Crippen LogP contribution in [-0.2, 0) is 11.3 Å². The Balaban J connectivity index is 1.90. The number of anilines is 1. The molecule has 2 aromatic rings. The summed E-state index contributed by atoms with van der Waals surface area (Å²) in [5.74, 6) is -1.07. The Labute approximate surface area is 133 Å². The number of hydrazone groups is 1. The molecule has 2 aromatic carbocycles. The fourth-order valence-electron chi connectivity index (χ4n) is 1.74. The van der Waals surface area contributed by atoms with E-state index in [4.69, 9.17) is 16.7 Å². The van der Waals surface area contributed by atoms with E-state index in [0.29, 0.717) is 17.3 Å². The van der Waals surface area contributed by atoms with Gasteiger partial charge in [-0.3, -0.25) is 5.43 Å². The van der Waals surface area contributed by atoms with Crippen LogP contribution < -0.4 is 10.7 Å². The zero-order valence-corrected chi connectivity index (χ0v) is 12.5. The van der Waals surface area contributed by atoms with Crippen molar-refractivity contribution in [2.75, 3.05) is 12.0 Å². The van der Waals surface area contributed by atoms with Crippen LogP contribution in [0.4, 0.5) is 5.69 Å². The van der Waals surface area contributed by atoms with Crippen molar-refractivity contribution in [1.82, 2.24) is 5.32 Å². The fraction of sp³-hybridized carbons (Fsp3) is 0.125. The lowest BCUT2D eigenvalue weighted by Gasteiger charge is -2.06. The first-order valence-electron chi connectivity index (χ1n) is 6.71. The Bertz CT molecular complexity index is 642. The van der Waals surface area contributed by atoms with E-state index in [9.17, 15) is 4.79 Å². The van der Waals surface area contributed by atoms with Crippen molar-refractivity contribution in [2.24, 2.45) is 5.10 Å². The molecule has 6 heteroatoms. The minimum Gasteiger partial charge on any atom is -0.477 e. The smallest absolute Gasteiger partial charge is 0.353 e. The van der Waals surface area contributed by atoms with E-state index in [1.54, 1.807) is 24.3 Å². The Morgan fingerprint density at radius 1 is 1.09 bits per heavy atom. The van der Waals surface area contributed by atoms with Gasteiger partial charge in [-0.05, 0) is 29.8 Å². The molecule has 0 aliphatic carbocycles. The molecule has 0 aromatic heterocycles. The van der Waals surface area contributed by atoms with E-state index in [1.807, 2.05) is 30.3 Å². The van der Waals surface area contributed by atoms with Crippen LogP contribution in [0.5, 0.6) is 0 Å². The van der Waals surface area contributed by atoms with Crippen LogP contribution in [0.2, 0.25) is 5.02 Å². The zero-order valence-electron chi connectivity index (χ0n) is 11.8. The second-order valence-corrected chi connectivity index (χ2v) is 5.01. The summed E-state index contributed by atoms with van der Waals surface area (Å²) in [6.07, 6.45) is 0. The molecule has 0 saturated heterocycles. The van der Waals surface area contributed by atoms with Crippen LogP contribution in [0, 0.1) is 0 Å². The van der Waals surface area contributed by atoms with Crippen molar-refractivity contribution in [3.8, 4) is 0 Å². The molecule has 0 aliphatic rings. The quantitative estimate of drug-likeness (QED) is 0.542. The third-order valence-electron chi connectivity index (χ3n) is 2.88. The van der Waals surface area contributed by atoms with Crippen molar-refractivity contribution in [3.05, 3.63) is 65.2 Å². The van der Waals surface area contributed by atoms with Gasteiger partial charge in [-0.1, -0.05) is 41.9 Å². The number of nitrogens with zero attached hydrogens (tertiary/aromatic N) is 1. The molecule has 22 heavy (non-hydrogen) atoms. The summed E-state index contributed by atoms with van der Waals surface area (Å²) in [6.45, 7) is 0.735. The van der Waals surface area contributed by atoms with E-state index >= 15 is 0 Å². The number of carboxylic acid groups (broad SMARTS) is 1. The number of carboxylic acids is 1. The molecule has 0 aliphatic heterocycles. The van der Waals surface area contributed by atoms with Gasteiger partial charge in [-0.25, -0.2) is 4.79 Å². The predicted octanol–water partition coefficient (Wildman–Crippen LogP) is 2.98. The van der Waals surface area contributed by atoms with Crippen molar-refractivity contribution >= 4 is 29.0 Å². The molecule has 5 nitrogen and oxygen atoms in total. The molecular weight excluding hydrogens is 302 g/mol. The molecule has 0 bridgehead atoms. The Morgan fingerprint density at radius 2 is 1.77 bits per heavy atom. The number of carbonyl (C=O) groups is 1. The fourth-order valence-corrected chi connectivity index (χ4v) is 1.87. The van der Waals surface area contributed by atoms with Gasteiger partial charge in [-0.2, -0.15) is 5.10 Å². The highest BCUT2D eigenvalue weighted by Crippen LogP contribution is 2.13. The van der Waals surface area contributed by atoms with Crippen LogP contribution in [0.15, 0.2) is 59.7 Å². The van der Waals surface area contributed by atoms with Crippen molar-refractivity contribution < 1.29 is 9.90 Å². The number of aliphatic carboxylic acids is 1. The van der Waals surface area contributed by atoms with Gasteiger partial charge < -0.3 is 10.4 Å². The average molecular weight is 318 g/mol. The van der Waals surface area contributed by atoms with Gasteiger partial charge in [-0.15, -0.1) is 0 Å². The lowest BCUT2D eigenvalue weighted by molar-refractivity contribution is -0.129. The van der Waals surface area contributed by atoms with Gasteiger partial charge in [0, 0.05) is 18.1 Å². The summed E-state index contributed by atoms with van der Waals surface area (Å²) < 4.78 is 0. The predicted molar refractivity (Wildman–Crippen MR) is 88.3 cm³/mol. The summed E-state index contributed by atoms with van der Waals surface area (Å²) in [5.41, 5.74) is 4.47. The van der Waals surface area contributed by atoms with Crippen molar-refractivity contribution in [2.45, 2.75) is 6.54 Å². The lowest BCUT2D eigenvalue weighted by atomic mass is 10.2. The minimum atomic E-state index is -1.07. The monoisotopic (exact) mass is 317 g/mol. The SMILES string of the molecule is O=C(O)/C(CNCc1ccccc1)=N/Nc1ccc(Cl)cc1. The molecule has 0 saturated carbocycles. The highest BCUT2D eigenvalue weighted by molar-refractivity contribution is 6.36. The number of halogens is 1. The normalized spacial score (nSPS) is 11.2. The first-order valence-corrected chi connectivity index (χ1v) is 7.09. The Kier molecular flexibility index (Phi) is 5.94. The van der Waals surface area contributed by atoms with Crippen LogP contribution in [-0.4, -0.2) is 23.3 Å². The molecule has 0 spiro atoms. The topological polar surface area (TPSA) is 73.7 Å². The maximum atomic E-state index is 11.2. The van der Waals surface area contributed by atoms with E-state index in [0.717, 1.165) is 5.56 Å². The number of nitrogens with one attached hydrogen (secondary N) is 2.